The first-order valence-electron chi connectivity index (χ1n) is 3.65. The molecule has 0 radical (unpaired) electrons. The van der Waals surface area contributed by atoms with E-state index < -0.39 is 38.5 Å². The number of halogens is 6. The molecule has 9 heteroatoms. The van der Waals surface area contributed by atoms with E-state index in [2.05, 4.69) is 5.73 Å². The first-order valence-corrected chi connectivity index (χ1v) is 5.60. The Labute approximate surface area is 85.8 Å². The molecule has 0 aromatic heterocycles. The van der Waals surface area contributed by atoms with Crippen LogP contribution in [0.5, 0.6) is 0 Å². The van der Waals surface area contributed by atoms with Crippen LogP contribution in [0.1, 0.15) is 10.4 Å². The highest BCUT2D eigenvalue weighted by Gasteiger charge is 2.65. The van der Waals surface area contributed by atoms with Crippen LogP contribution in [-0.4, -0.2) is 5.91 Å². The van der Waals surface area contributed by atoms with Crippen molar-refractivity contribution in [3.05, 3.63) is 29.6 Å². The first-order chi connectivity index (χ1) is 6.81. The summed E-state index contributed by atoms with van der Waals surface area (Å²) in [5.74, 6) is -3.08. The van der Waals surface area contributed by atoms with Gasteiger partial charge in [-0.2, -0.15) is 0 Å². The summed E-state index contributed by atoms with van der Waals surface area (Å²) in [5.41, 5.74) is 3.72. The molecule has 2 N–H and O–H groups in total. The molecule has 0 bridgehead atoms. The minimum atomic E-state index is -9.92. The second-order valence-corrected chi connectivity index (χ2v) is 5.38. The van der Waals surface area contributed by atoms with Crippen LogP contribution >= 0.6 is 10.2 Å². The van der Waals surface area contributed by atoms with Gasteiger partial charge in [-0.3, -0.25) is 4.79 Å². The van der Waals surface area contributed by atoms with Crippen molar-refractivity contribution in [2.75, 3.05) is 0 Å². The molecule has 0 aliphatic rings. The van der Waals surface area contributed by atoms with Crippen LogP contribution in [-0.2, 0) is 0 Å². The van der Waals surface area contributed by atoms with Gasteiger partial charge in [-0.15, -0.1) is 0 Å². The molecule has 92 valence electrons. The van der Waals surface area contributed by atoms with Gasteiger partial charge < -0.3 is 5.73 Å². The number of hydrogen-bond donors (Lipinski definition) is 1. The fourth-order valence-electron chi connectivity index (χ4n) is 0.936. The Morgan fingerprint density at radius 1 is 1.12 bits per heavy atom. The second-order valence-electron chi connectivity index (χ2n) is 2.97. The van der Waals surface area contributed by atoms with Crippen molar-refractivity contribution in [1.82, 2.24) is 0 Å². The lowest BCUT2D eigenvalue weighted by molar-refractivity contribution is 0.0996. The molecular formula is C7H5F6NOS. The molecule has 0 heterocycles. The lowest BCUT2D eigenvalue weighted by Gasteiger charge is -2.40. The topological polar surface area (TPSA) is 43.1 Å². The van der Waals surface area contributed by atoms with Gasteiger partial charge >= 0.3 is 10.2 Å². The zero-order valence-electron chi connectivity index (χ0n) is 7.39. The molecule has 1 aromatic carbocycles. The smallest absolute Gasteiger partial charge is 0.310 e. The number of amides is 1. The number of primary amides is 1. The summed E-state index contributed by atoms with van der Waals surface area (Å²) in [7, 11) is -9.92. The summed E-state index contributed by atoms with van der Waals surface area (Å²) >= 11 is 0. The predicted molar refractivity (Wildman–Crippen MR) is 46.3 cm³/mol. The van der Waals surface area contributed by atoms with Gasteiger partial charge in [-0.05, 0) is 18.2 Å². The highest BCUT2D eigenvalue weighted by molar-refractivity contribution is 8.45. The van der Waals surface area contributed by atoms with E-state index in [1.165, 1.54) is 0 Å². The van der Waals surface area contributed by atoms with Crippen molar-refractivity contribution in [1.29, 1.82) is 0 Å². The van der Waals surface area contributed by atoms with Gasteiger partial charge in [0.1, 0.15) is 10.7 Å². The normalized spacial score (nSPS) is 16.4. The molecule has 1 amide bonds. The van der Waals surface area contributed by atoms with E-state index in [-0.39, 0.29) is 12.1 Å². The van der Waals surface area contributed by atoms with E-state index in [1.807, 2.05) is 0 Å². The molecule has 2 nitrogen and oxygen atoms in total. The Balaban J connectivity index is 3.45. The van der Waals surface area contributed by atoms with E-state index >= 15 is 0 Å². The zero-order chi connectivity index (χ0) is 12.8. The van der Waals surface area contributed by atoms with Crippen LogP contribution in [0.4, 0.5) is 23.8 Å². The van der Waals surface area contributed by atoms with Gasteiger partial charge in [0, 0.05) is 0 Å². The van der Waals surface area contributed by atoms with Crippen LogP contribution in [0, 0.1) is 5.82 Å². The highest BCUT2D eigenvalue weighted by atomic mass is 32.5. The number of nitrogens with two attached hydrogens (primary N) is 1. The number of carbonyl (C=O) groups is 1. The lowest BCUT2D eigenvalue weighted by Crippen LogP contribution is -2.14. The summed E-state index contributed by atoms with van der Waals surface area (Å²) in [6.45, 7) is 0. The Bertz CT molecular complexity index is 467. The van der Waals surface area contributed by atoms with Gasteiger partial charge in [0.15, 0.2) is 0 Å². The van der Waals surface area contributed by atoms with Gasteiger partial charge in [-0.1, -0.05) is 19.4 Å². The van der Waals surface area contributed by atoms with E-state index in [0.29, 0.717) is 0 Å². The molecule has 0 spiro atoms. The molecule has 0 fully saturated rings. The van der Waals surface area contributed by atoms with Crippen molar-refractivity contribution in [2.45, 2.75) is 4.90 Å². The Hall–Kier alpha value is -1.38. The van der Waals surface area contributed by atoms with Crippen molar-refractivity contribution < 1.29 is 28.6 Å². The number of carbonyl (C=O) groups excluding carboxylic acids is 1. The van der Waals surface area contributed by atoms with Gasteiger partial charge in [0.05, 0.1) is 5.56 Å². The van der Waals surface area contributed by atoms with E-state index in [4.69, 9.17) is 0 Å². The molecule has 0 unspecified atom stereocenters. The van der Waals surface area contributed by atoms with E-state index in [0.717, 1.165) is 0 Å². The predicted octanol–water partition coefficient (Wildman–Crippen LogP) is 3.58. The zero-order valence-corrected chi connectivity index (χ0v) is 8.21. The number of benzene rings is 1. The third-order valence-electron chi connectivity index (χ3n) is 1.65. The molecule has 0 aliphatic heterocycles. The summed E-state index contributed by atoms with van der Waals surface area (Å²) < 4.78 is 73.7. The summed E-state index contributed by atoms with van der Waals surface area (Å²) in [4.78, 5) is 8.07. The maximum atomic E-state index is 12.9. The van der Waals surface area contributed by atoms with Gasteiger partial charge in [-0.25, -0.2) is 4.39 Å². The summed E-state index contributed by atoms with van der Waals surface area (Å²) in [5, 5.41) is 0. The standard InChI is InChI=1S/C7H5F6NOS/c8-6-3-4(16(9,10,11,12)13)1-2-5(6)7(14)15/h1-3H,(H2,14,15). The number of rotatable bonds is 2. The minimum absolute atomic E-state index is 0.0786. The Morgan fingerprint density at radius 2 is 1.62 bits per heavy atom. The van der Waals surface area contributed by atoms with Crippen molar-refractivity contribution >= 4 is 16.1 Å². The van der Waals surface area contributed by atoms with Crippen LogP contribution in [0.25, 0.3) is 0 Å². The number of hydrogen-bond acceptors (Lipinski definition) is 1. The molecule has 1 rings (SSSR count). The Kier molecular flexibility index (Phi) is 2.10. The third-order valence-corrected chi connectivity index (χ3v) is 2.80. The van der Waals surface area contributed by atoms with Gasteiger partial charge in [0.2, 0.25) is 0 Å². The van der Waals surface area contributed by atoms with E-state index in [1.54, 1.807) is 0 Å². The van der Waals surface area contributed by atoms with Crippen LogP contribution in [0.2, 0.25) is 0 Å². The maximum Gasteiger partial charge on any atom is 0.310 e. The van der Waals surface area contributed by atoms with Crippen LogP contribution in [0.3, 0.4) is 0 Å². The molecule has 0 saturated carbocycles. The van der Waals surface area contributed by atoms with Crippen LogP contribution < -0.4 is 5.73 Å². The quantitative estimate of drug-likeness (QED) is 0.816. The Morgan fingerprint density at radius 3 is 1.94 bits per heavy atom. The third kappa shape index (κ3) is 2.60. The van der Waals surface area contributed by atoms with Crippen LogP contribution in [0.15, 0.2) is 23.1 Å². The first kappa shape index (κ1) is 12.7. The molecule has 0 atom stereocenters. The SMILES string of the molecule is NC(=O)c1ccc(S(F)(F)(F)(F)F)cc1F. The second kappa shape index (κ2) is 2.65. The average molecular weight is 265 g/mol. The molecule has 16 heavy (non-hydrogen) atoms. The van der Waals surface area contributed by atoms with Crippen molar-refractivity contribution in [3.8, 4) is 0 Å². The fraction of sp³-hybridized carbons (Fsp3) is 0. The van der Waals surface area contributed by atoms with E-state index in [9.17, 15) is 28.6 Å². The highest BCUT2D eigenvalue weighted by Crippen LogP contribution is 3.02. The lowest BCUT2D eigenvalue weighted by atomic mass is 10.2. The monoisotopic (exact) mass is 265 g/mol. The largest absolute Gasteiger partial charge is 0.366 e. The van der Waals surface area contributed by atoms with Crippen molar-refractivity contribution in [3.63, 3.8) is 0 Å². The molecule has 1 aromatic rings. The maximum absolute atomic E-state index is 12.9. The summed E-state index contributed by atoms with van der Waals surface area (Å²) in [6.07, 6.45) is 0. The summed E-state index contributed by atoms with van der Waals surface area (Å²) in [6, 6.07) is -0.253. The molecule has 0 aliphatic carbocycles. The molecular weight excluding hydrogens is 260 g/mol. The fourth-order valence-corrected chi connectivity index (χ4v) is 1.59. The average Bonchev–Trinajstić information content (AvgIpc) is 1.98. The van der Waals surface area contributed by atoms with Gasteiger partial charge in [0.25, 0.3) is 5.91 Å². The minimum Gasteiger partial charge on any atom is -0.366 e. The molecule has 0 saturated heterocycles. The van der Waals surface area contributed by atoms with Crippen molar-refractivity contribution in [2.24, 2.45) is 5.73 Å².